The lowest BCUT2D eigenvalue weighted by atomic mass is 10.1. The third-order valence-electron chi connectivity index (χ3n) is 1.94. The standard InChI is InChI=1S/C10H15NO3S2/c1-11(2)8-10(15-16(12,13)14)9-6-4-3-5-7-9/h3-7,10H,8H2,1-2H3,(H,12,13,14)/t10-/m1/s1. The Labute approximate surface area is 99.8 Å². The summed E-state index contributed by atoms with van der Waals surface area (Å²) in [5, 5.41) is -0.286. The predicted octanol–water partition coefficient (Wildman–Crippen LogP) is 1.83. The Morgan fingerprint density at radius 3 is 2.31 bits per heavy atom. The molecule has 1 rings (SSSR count). The number of hydrogen-bond acceptors (Lipinski definition) is 4. The summed E-state index contributed by atoms with van der Waals surface area (Å²) < 4.78 is 30.7. The van der Waals surface area contributed by atoms with Crippen molar-refractivity contribution in [2.24, 2.45) is 0 Å². The minimum atomic E-state index is -4.03. The highest BCUT2D eigenvalue weighted by Crippen LogP contribution is 2.32. The van der Waals surface area contributed by atoms with Gasteiger partial charge in [-0.2, -0.15) is 8.42 Å². The van der Waals surface area contributed by atoms with Gasteiger partial charge in [0, 0.05) is 17.3 Å². The Morgan fingerprint density at radius 1 is 1.31 bits per heavy atom. The van der Waals surface area contributed by atoms with E-state index in [4.69, 9.17) is 4.55 Å². The summed E-state index contributed by atoms with van der Waals surface area (Å²) in [7, 11) is 0.265. The fraction of sp³-hybridized carbons (Fsp3) is 0.400. The molecule has 0 amide bonds. The van der Waals surface area contributed by atoms with E-state index in [0.717, 1.165) is 5.56 Å². The number of benzene rings is 1. The summed E-state index contributed by atoms with van der Waals surface area (Å²) >= 11 is 0. The van der Waals surface area contributed by atoms with Crippen LogP contribution in [0.5, 0.6) is 0 Å². The minimum absolute atomic E-state index is 0.286. The molecular formula is C10H15NO3S2. The third-order valence-corrected chi connectivity index (χ3v) is 4.26. The average Bonchev–Trinajstić information content (AvgIpc) is 2.15. The van der Waals surface area contributed by atoms with Gasteiger partial charge in [0.1, 0.15) is 0 Å². The molecule has 0 aliphatic heterocycles. The monoisotopic (exact) mass is 261 g/mol. The molecule has 0 spiro atoms. The van der Waals surface area contributed by atoms with E-state index in [1.807, 2.05) is 49.3 Å². The maximum absolute atomic E-state index is 10.9. The number of hydrogen-bond donors (Lipinski definition) is 1. The molecule has 90 valence electrons. The van der Waals surface area contributed by atoms with Gasteiger partial charge in [-0.3, -0.25) is 4.55 Å². The lowest BCUT2D eigenvalue weighted by Crippen LogP contribution is -2.19. The summed E-state index contributed by atoms with van der Waals surface area (Å²) in [5.41, 5.74) is 0.888. The number of nitrogens with zero attached hydrogens (tertiary/aromatic N) is 1. The number of rotatable bonds is 5. The first kappa shape index (κ1) is 13.5. The Bertz CT molecular complexity index is 417. The summed E-state index contributed by atoms with van der Waals surface area (Å²) in [4.78, 5) is 1.88. The van der Waals surface area contributed by atoms with E-state index >= 15 is 0 Å². The van der Waals surface area contributed by atoms with E-state index in [0.29, 0.717) is 17.3 Å². The molecule has 0 saturated heterocycles. The zero-order chi connectivity index (χ0) is 12.2. The first-order valence-corrected chi connectivity index (χ1v) is 7.57. The maximum atomic E-state index is 10.9. The molecule has 4 nitrogen and oxygen atoms in total. The van der Waals surface area contributed by atoms with Crippen LogP contribution in [0.2, 0.25) is 0 Å². The van der Waals surface area contributed by atoms with Gasteiger partial charge in [-0.25, -0.2) is 0 Å². The molecule has 0 aliphatic carbocycles. The molecule has 1 N–H and O–H groups in total. The van der Waals surface area contributed by atoms with Crippen molar-refractivity contribution in [1.29, 1.82) is 0 Å². The molecule has 1 aromatic rings. The maximum Gasteiger partial charge on any atom is 0.320 e. The highest BCUT2D eigenvalue weighted by Gasteiger charge is 2.20. The third kappa shape index (κ3) is 4.98. The van der Waals surface area contributed by atoms with E-state index in [9.17, 15) is 8.42 Å². The van der Waals surface area contributed by atoms with E-state index in [1.165, 1.54) is 0 Å². The summed E-state index contributed by atoms with van der Waals surface area (Å²) in [6, 6.07) is 9.28. The molecule has 0 unspecified atom stereocenters. The first-order valence-electron chi connectivity index (χ1n) is 4.74. The van der Waals surface area contributed by atoms with E-state index in [2.05, 4.69) is 0 Å². The Balaban J connectivity index is 2.88. The lowest BCUT2D eigenvalue weighted by Gasteiger charge is -2.19. The van der Waals surface area contributed by atoms with Crippen molar-refractivity contribution in [3.05, 3.63) is 35.9 Å². The molecule has 0 heterocycles. The first-order chi connectivity index (χ1) is 7.38. The Morgan fingerprint density at radius 2 is 1.88 bits per heavy atom. The molecule has 6 heteroatoms. The topological polar surface area (TPSA) is 57.6 Å². The molecule has 1 atom stereocenters. The highest BCUT2D eigenvalue weighted by atomic mass is 33.1. The second-order valence-corrected chi connectivity index (χ2v) is 7.14. The van der Waals surface area contributed by atoms with Crippen molar-refractivity contribution < 1.29 is 13.0 Å². The van der Waals surface area contributed by atoms with Crippen molar-refractivity contribution in [3.8, 4) is 0 Å². The van der Waals surface area contributed by atoms with Crippen LogP contribution in [0.15, 0.2) is 30.3 Å². The van der Waals surface area contributed by atoms with Gasteiger partial charge in [-0.05, 0) is 19.7 Å². The number of likely N-dealkylation sites (N-methyl/N-ethyl adjacent to an activating group) is 1. The summed E-state index contributed by atoms with van der Waals surface area (Å²) in [6.45, 7) is 0.550. The smallest absolute Gasteiger partial charge is 0.308 e. The fourth-order valence-electron chi connectivity index (χ4n) is 1.34. The van der Waals surface area contributed by atoms with Gasteiger partial charge < -0.3 is 4.90 Å². The largest absolute Gasteiger partial charge is 0.320 e. The van der Waals surface area contributed by atoms with Crippen molar-refractivity contribution in [2.45, 2.75) is 5.25 Å². The zero-order valence-corrected chi connectivity index (χ0v) is 10.8. The predicted molar refractivity (Wildman–Crippen MR) is 66.9 cm³/mol. The van der Waals surface area contributed by atoms with E-state index < -0.39 is 9.15 Å². The van der Waals surface area contributed by atoms with Gasteiger partial charge in [-0.15, -0.1) is 0 Å². The molecule has 0 aliphatic rings. The van der Waals surface area contributed by atoms with Crippen LogP contribution >= 0.6 is 10.8 Å². The zero-order valence-electron chi connectivity index (χ0n) is 9.20. The van der Waals surface area contributed by atoms with E-state index in [1.54, 1.807) is 0 Å². The van der Waals surface area contributed by atoms with Gasteiger partial charge in [0.15, 0.2) is 0 Å². The molecule has 16 heavy (non-hydrogen) atoms. The molecule has 0 saturated carbocycles. The van der Waals surface area contributed by atoms with Crippen LogP contribution in [0, 0.1) is 0 Å². The highest BCUT2D eigenvalue weighted by molar-refractivity contribution is 8.70. The van der Waals surface area contributed by atoms with Crippen molar-refractivity contribution in [3.63, 3.8) is 0 Å². The molecule has 0 aromatic heterocycles. The van der Waals surface area contributed by atoms with Gasteiger partial charge in [0.2, 0.25) is 0 Å². The molecular weight excluding hydrogens is 246 g/mol. The van der Waals surface area contributed by atoms with Crippen LogP contribution in [0.4, 0.5) is 0 Å². The van der Waals surface area contributed by atoms with Gasteiger partial charge in [-0.1, -0.05) is 30.3 Å². The van der Waals surface area contributed by atoms with Crippen molar-refractivity contribution in [2.75, 3.05) is 20.6 Å². The normalized spacial score (nSPS) is 14.0. The van der Waals surface area contributed by atoms with Gasteiger partial charge >= 0.3 is 9.15 Å². The van der Waals surface area contributed by atoms with Gasteiger partial charge in [0.25, 0.3) is 0 Å². The average molecular weight is 261 g/mol. The van der Waals surface area contributed by atoms with Crippen LogP contribution in [-0.2, 0) is 9.15 Å². The molecule has 0 bridgehead atoms. The molecule has 1 aromatic carbocycles. The Kier molecular flexibility index (Phi) is 4.79. The SMILES string of the molecule is CN(C)C[C@@H](SS(=O)(=O)O)c1ccccc1. The van der Waals surface area contributed by atoms with Crippen LogP contribution < -0.4 is 0 Å². The van der Waals surface area contributed by atoms with Gasteiger partial charge in [0.05, 0.1) is 5.25 Å². The van der Waals surface area contributed by atoms with Crippen LogP contribution in [0.25, 0.3) is 0 Å². The molecule has 0 fully saturated rings. The minimum Gasteiger partial charge on any atom is -0.308 e. The summed E-state index contributed by atoms with van der Waals surface area (Å²) in [5.74, 6) is 0. The van der Waals surface area contributed by atoms with Crippen LogP contribution in [-0.4, -0.2) is 38.5 Å². The fourth-order valence-corrected chi connectivity index (χ4v) is 3.65. The second kappa shape index (κ2) is 5.67. The van der Waals surface area contributed by atoms with Crippen LogP contribution in [0.3, 0.4) is 0 Å². The van der Waals surface area contributed by atoms with E-state index in [-0.39, 0.29) is 5.25 Å². The Hall–Kier alpha value is -0.560. The lowest BCUT2D eigenvalue weighted by molar-refractivity contribution is 0.410. The molecule has 0 radical (unpaired) electrons. The summed E-state index contributed by atoms with van der Waals surface area (Å²) in [6.07, 6.45) is 0. The second-order valence-electron chi connectivity index (χ2n) is 3.69. The van der Waals surface area contributed by atoms with Crippen LogP contribution in [0.1, 0.15) is 10.8 Å². The van der Waals surface area contributed by atoms with Crippen molar-refractivity contribution in [1.82, 2.24) is 4.90 Å². The quantitative estimate of drug-likeness (QED) is 0.647. The van der Waals surface area contributed by atoms with Crippen molar-refractivity contribution >= 4 is 19.9 Å².